The van der Waals surface area contributed by atoms with Crippen LogP contribution in [0.3, 0.4) is 0 Å². The predicted molar refractivity (Wildman–Crippen MR) is 67.4 cm³/mol. The summed E-state index contributed by atoms with van der Waals surface area (Å²) >= 11 is 0. The van der Waals surface area contributed by atoms with Gasteiger partial charge in [0.2, 0.25) is 0 Å². The highest BCUT2D eigenvalue weighted by atomic mass is 15.1. The minimum Gasteiger partial charge on any atom is -0.299 e. The van der Waals surface area contributed by atoms with Crippen LogP contribution >= 0.6 is 0 Å². The first-order valence-electron chi connectivity index (χ1n) is 6.57. The number of hydrogen-bond acceptors (Lipinski definition) is 2. The van der Waals surface area contributed by atoms with Crippen LogP contribution < -0.4 is 0 Å². The van der Waals surface area contributed by atoms with Crippen LogP contribution in [-0.4, -0.2) is 18.0 Å². The summed E-state index contributed by atoms with van der Waals surface area (Å²) in [6, 6.07) is 11.3. The summed E-state index contributed by atoms with van der Waals surface area (Å²) in [4.78, 5) is 2.52. The van der Waals surface area contributed by atoms with Crippen LogP contribution in [0.15, 0.2) is 24.3 Å². The molecular formula is C15H18N2. The molecular weight excluding hydrogens is 208 g/mol. The van der Waals surface area contributed by atoms with Gasteiger partial charge in [0, 0.05) is 12.5 Å². The van der Waals surface area contributed by atoms with E-state index in [1.54, 1.807) is 0 Å². The standard InChI is InChI=1S/C15H18N2/c16-10-14-9-15(14)13-5-3-12(4-6-13)11-17-7-1-2-8-17/h3-6,14-15H,1-2,7-9,11H2. The molecule has 1 saturated carbocycles. The van der Waals surface area contributed by atoms with Crippen molar-refractivity contribution in [2.45, 2.75) is 31.7 Å². The summed E-state index contributed by atoms with van der Waals surface area (Å²) in [6.07, 6.45) is 3.76. The monoisotopic (exact) mass is 226 g/mol. The second kappa shape index (κ2) is 4.50. The van der Waals surface area contributed by atoms with E-state index in [1.807, 2.05) is 0 Å². The van der Waals surface area contributed by atoms with E-state index in [2.05, 4.69) is 35.2 Å². The highest BCUT2D eigenvalue weighted by Crippen LogP contribution is 2.46. The molecule has 1 aliphatic carbocycles. The zero-order valence-corrected chi connectivity index (χ0v) is 10.1. The van der Waals surface area contributed by atoms with Gasteiger partial charge < -0.3 is 0 Å². The molecule has 1 heterocycles. The van der Waals surface area contributed by atoms with Crippen LogP contribution in [0.1, 0.15) is 36.3 Å². The van der Waals surface area contributed by atoms with E-state index in [0.717, 1.165) is 13.0 Å². The highest BCUT2D eigenvalue weighted by Gasteiger charge is 2.38. The minimum atomic E-state index is 0.277. The molecule has 0 radical (unpaired) electrons. The normalized spacial score (nSPS) is 27.9. The molecule has 3 rings (SSSR count). The van der Waals surface area contributed by atoms with E-state index in [0.29, 0.717) is 5.92 Å². The Morgan fingerprint density at radius 1 is 1.18 bits per heavy atom. The Morgan fingerprint density at radius 2 is 1.88 bits per heavy atom. The Hall–Kier alpha value is -1.33. The average molecular weight is 226 g/mol. The van der Waals surface area contributed by atoms with Crippen molar-refractivity contribution in [1.82, 2.24) is 4.90 Å². The van der Waals surface area contributed by atoms with Gasteiger partial charge in [0.25, 0.3) is 0 Å². The van der Waals surface area contributed by atoms with Crippen LogP contribution in [0, 0.1) is 17.2 Å². The highest BCUT2D eigenvalue weighted by molar-refractivity contribution is 5.31. The number of likely N-dealkylation sites (tertiary alicyclic amines) is 1. The van der Waals surface area contributed by atoms with Crippen LogP contribution in [0.2, 0.25) is 0 Å². The van der Waals surface area contributed by atoms with Crippen LogP contribution in [-0.2, 0) is 6.54 Å². The van der Waals surface area contributed by atoms with Crippen molar-refractivity contribution in [1.29, 1.82) is 5.26 Å². The van der Waals surface area contributed by atoms with E-state index in [4.69, 9.17) is 5.26 Å². The van der Waals surface area contributed by atoms with Crippen molar-refractivity contribution < 1.29 is 0 Å². The molecule has 2 heteroatoms. The molecule has 0 aromatic heterocycles. The van der Waals surface area contributed by atoms with Gasteiger partial charge >= 0.3 is 0 Å². The second-order valence-corrected chi connectivity index (χ2v) is 5.30. The van der Waals surface area contributed by atoms with Crippen molar-refractivity contribution in [3.63, 3.8) is 0 Å². The number of rotatable bonds is 3. The molecule has 2 aliphatic rings. The number of hydrogen-bond donors (Lipinski definition) is 0. The molecule has 1 saturated heterocycles. The zero-order valence-electron chi connectivity index (χ0n) is 10.1. The van der Waals surface area contributed by atoms with Crippen molar-refractivity contribution >= 4 is 0 Å². The van der Waals surface area contributed by atoms with Gasteiger partial charge in [-0.2, -0.15) is 5.26 Å². The SMILES string of the molecule is N#CC1CC1c1ccc(CN2CCCC2)cc1. The Bertz CT molecular complexity index is 423. The molecule has 1 aliphatic heterocycles. The number of nitrogens with zero attached hydrogens (tertiary/aromatic N) is 2. The van der Waals surface area contributed by atoms with Crippen LogP contribution in [0.4, 0.5) is 0 Å². The van der Waals surface area contributed by atoms with Gasteiger partial charge in [-0.15, -0.1) is 0 Å². The molecule has 0 bridgehead atoms. The molecule has 0 N–H and O–H groups in total. The summed E-state index contributed by atoms with van der Waals surface area (Å²) in [7, 11) is 0. The fraction of sp³-hybridized carbons (Fsp3) is 0.533. The molecule has 2 nitrogen and oxygen atoms in total. The predicted octanol–water partition coefficient (Wildman–Crippen LogP) is 2.91. The number of benzene rings is 1. The van der Waals surface area contributed by atoms with E-state index in [9.17, 15) is 0 Å². The van der Waals surface area contributed by atoms with Crippen molar-refractivity contribution in [2.75, 3.05) is 13.1 Å². The van der Waals surface area contributed by atoms with Gasteiger partial charge in [-0.25, -0.2) is 0 Å². The molecule has 2 unspecified atom stereocenters. The maximum atomic E-state index is 8.83. The molecule has 1 aromatic rings. The van der Waals surface area contributed by atoms with Crippen molar-refractivity contribution in [3.8, 4) is 6.07 Å². The summed E-state index contributed by atoms with van der Waals surface area (Å²) in [5, 5.41) is 8.83. The Labute approximate surface area is 103 Å². The molecule has 2 atom stereocenters. The maximum Gasteiger partial charge on any atom is 0.0662 e. The van der Waals surface area contributed by atoms with Gasteiger partial charge in [0.05, 0.1) is 12.0 Å². The third kappa shape index (κ3) is 2.35. The zero-order chi connectivity index (χ0) is 11.7. The first kappa shape index (κ1) is 10.8. The number of nitriles is 1. The van der Waals surface area contributed by atoms with Crippen molar-refractivity contribution in [2.24, 2.45) is 5.92 Å². The second-order valence-electron chi connectivity index (χ2n) is 5.30. The lowest BCUT2D eigenvalue weighted by atomic mass is 10.1. The van der Waals surface area contributed by atoms with E-state index in [-0.39, 0.29) is 5.92 Å². The molecule has 17 heavy (non-hydrogen) atoms. The van der Waals surface area contributed by atoms with E-state index < -0.39 is 0 Å². The third-order valence-electron chi connectivity index (χ3n) is 3.97. The largest absolute Gasteiger partial charge is 0.299 e. The van der Waals surface area contributed by atoms with Gasteiger partial charge in [-0.05, 0) is 43.5 Å². The maximum absolute atomic E-state index is 8.83. The van der Waals surface area contributed by atoms with E-state index in [1.165, 1.54) is 37.1 Å². The lowest BCUT2D eigenvalue weighted by Gasteiger charge is -2.14. The third-order valence-corrected chi connectivity index (χ3v) is 3.97. The lowest BCUT2D eigenvalue weighted by Crippen LogP contribution is -2.18. The average Bonchev–Trinajstić information content (AvgIpc) is 2.99. The van der Waals surface area contributed by atoms with E-state index >= 15 is 0 Å². The summed E-state index contributed by atoms with van der Waals surface area (Å²) in [5.74, 6) is 0.792. The summed E-state index contributed by atoms with van der Waals surface area (Å²) < 4.78 is 0. The fourth-order valence-electron chi connectivity index (χ4n) is 2.78. The quantitative estimate of drug-likeness (QED) is 0.792. The topological polar surface area (TPSA) is 27.0 Å². The van der Waals surface area contributed by atoms with Gasteiger partial charge in [0.1, 0.15) is 0 Å². The van der Waals surface area contributed by atoms with Crippen molar-refractivity contribution in [3.05, 3.63) is 35.4 Å². The Morgan fingerprint density at radius 3 is 2.47 bits per heavy atom. The first-order valence-corrected chi connectivity index (χ1v) is 6.57. The minimum absolute atomic E-state index is 0.277. The first-order chi connectivity index (χ1) is 8.36. The lowest BCUT2D eigenvalue weighted by molar-refractivity contribution is 0.331. The van der Waals surface area contributed by atoms with Gasteiger partial charge in [0.15, 0.2) is 0 Å². The molecule has 1 aromatic carbocycles. The summed E-state index contributed by atoms with van der Waals surface area (Å²) in [6.45, 7) is 3.59. The molecule has 88 valence electrons. The Kier molecular flexibility index (Phi) is 2.86. The van der Waals surface area contributed by atoms with Crippen LogP contribution in [0.5, 0.6) is 0 Å². The smallest absolute Gasteiger partial charge is 0.0662 e. The molecule has 0 spiro atoms. The van der Waals surface area contributed by atoms with Crippen LogP contribution in [0.25, 0.3) is 0 Å². The molecule has 0 amide bonds. The summed E-state index contributed by atoms with van der Waals surface area (Å²) in [5.41, 5.74) is 2.76. The fourth-order valence-corrected chi connectivity index (χ4v) is 2.78. The van der Waals surface area contributed by atoms with Gasteiger partial charge in [-0.3, -0.25) is 4.90 Å². The van der Waals surface area contributed by atoms with Gasteiger partial charge in [-0.1, -0.05) is 24.3 Å². The Balaban J connectivity index is 1.62. The molecule has 2 fully saturated rings.